The van der Waals surface area contributed by atoms with E-state index in [0.29, 0.717) is 0 Å². The van der Waals surface area contributed by atoms with Gasteiger partial charge in [-0.15, -0.1) is 0 Å². The van der Waals surface area contributed by atoms with E-state index in [2.05, 4.69) is 30.4 Å². The number of aryl methyl sites for hydroxylation is 2. The first-order valence-corrected chi connectivity index (χ1v) is 7.27. The first-order valence-electron chi connectivity index (χ1n) is 7.27. The van der Waals surface area contributed by atoms with Gasteiger partial charge in [0, 0.05) is 37.2 Å². The van der Waals surface area contributed by atoms with E-state index in [0.717, 1.165) is 41.6 Å². The van der Waals surface area contributed by atoms with E-state index >= 15 is 0 Å². The zero-order valence-electron chi connectivity index (χ0n) is 12.8. The van der Waals surface area contributed by atoms with Crippen molar-refractivity contribution in [3.63, 3.8) is 0 Å². The molecule has 2 N–H and O–H groups in total. The lowest BCUT2D eigenvalue weighted by Gasteiger charge is -2.17. The molecule has 3 heterocycles. The standard InChI is InChI=1S/C15H23N5/c1-15(2,3)13-10(9-19(4)18-13)12-14(16)20-8-6-5-7-11(20)17-12/h9H,5-8,16H2,1-4H3. The molecular formula is C15H23N5. The van der Waals surface area contributed by atoms with Crippen LogP contribution in [0.4, 0.5) is 5.82 Å². The van der Waals surface area contributed by atoms with E-state index < -0.39 is 0 Å². The van der Waals surface area contributed by atoms with Crippen molar-refractivity contribution in [3.05, 3.63) is 17.7 Å². The van der Waals surface area contributed by atoms with Crippen molar-refractivity contribution in [2.75, 3.05) is 5.73 Å². The van der Waals surface area contributed by atoms with Crippen molar-refractivity contribution in [2.45, 2.75) is 52.0 Å². The minimum atomic E-state index is -0.0207. The van der Waals surface area contributed by atoms with Gasteiger partial charge in [-0.25, -0.2) is 4.98 Å². The minimum Gasteiger partial charge on any atom is -0.383 e. The predicted octanol–water partition coefficient (Wildman–Crippen LogP) is 2.50. The Labute approximate surface area is 119 Å². The molecule has 1 aliphatic rings. The molecule has 0 atom stereocenters. The molecule has 0 unspecified atom stereocenters. The number of anilines is 1. The molecule has 2 aromatic heterocycles. The van der Waals surface area contributed by atoms with Gasteiger partial charge < -0.3 is 10.3 Å². The van der Waals surface area contributed by atoms with Gasteiger partial charge in [-0.3, -0.25) is 4.68 Å². The van der Waals surface area contributed by atoms with E-state index in [-0.39, 0.29) is 5.41 Å². The Morgan fingerprint density at radius 3 is 2.65 bits per heavy atom. The predicted molar refractivity (Wildman–Crippen MR) is 80.5 cm³/mol. The van der Waals surface area contributed by atoms with Crippen molar-refractivity contribution < 1.29 is 0 Å². The molecule has 0 aromatic carbocycles. The van der Waals surface area contributed by atoms with Crippen LogP contribution < -0.4 is 5.73 Å². The maximum absolute atomic E-state index is 6.34. The summed E-state index contributed by atoms with van der Waals surface area (Å²) in [6.07, 6.45) is 5.45. The Hall–Kier alpha value is -1.78. The lowest BCUT2D eigenvalue weighted by atomic mass is 9.89. The van der Waals surface area contributed by atoms with Gasteiger partial charge in [-0.05, 0) is 12.8 Å². The smallest absolute Gasteiger partial charge is 0.131 e. The fraction of sp³-hybridized carbons (Fsp3) is 0.600. The highest BCUT2D eigenvalue weighted by Gasteiger charge is 2.27. The first kappa shape index (κ1) is 13.2. The molecule has 0 radical (unpaired) electrons. The quantitative estimate of drug-likeness (QED) is 0.868. The van der Waals surface area contributed by atoms with Crippen LogP contribution in [0.15, 0.2) is 6.20 Å². The monoisotopic (exact) mass is 273 g/mol. The fourth-order valence-electron chi connectivity index (χ4n) is 2.92. The Balaban J connectivity index is 2.17. The third-order valence-corrected chi connectivity index (χ3v) is 3.91. The van der Waals surface area contributed by atoms with Gasteiger partial charge in [0.05, 0.1) is 5.69 Å². The third-order valence-electron chi connectivity index (χ3n) is 3.91. The second-order valence-corrected chi connectivity index (χ2v) is 6.69. The highest BCUT2D eigenvalue weighted by atomic mass is 15.3. The molecule has 3 rings (SSSR count). The van der Waals surface area contributed by atoms with Gasteiger partial charge in [0.1, 0.15) is 17.3 Å². The van der Waals surface area contributed by atoms with Crippen LogP contribution in [0, 0.1) is 0 Å². The molecule has 5 heteroatoms. The molecule has 0 fully saturated rings. The van der Waals surface area contributed by atoms with Crippen LogP contribution in [0.2, 0.25) is 0 Å². The van der Waals surface area contributed by atoms with Crippen LogP contribution in [0.1, 0.15) is 45.1 Å². The van der Waals surface area contributed by atoms with Crippen molar-refractivity contribution in [3.8, 4) is 11.3 Å². The van der Waals surface area contributed by atoms with Gasteiger partial charge in [-0.2, -0.15) is 5.10 Å². The van der Waals surface area contributed by atoms with Crippen LogP contribution >= 0.6 is 0 Å². The van der Waals surface area contributed by atoms with Crippen LogP contribution in [0.3, 0.4) is 0 Å². The van der Waals surface area contributed by atoms with Gasteiger partial charge in [0.15, 0.2) is 0 Å². The summed E-state index contributed by atoms with van der Waals surface area (Å²) in [6, 6.07) is 0. The van der Waals surface area contributed by atoms with E-state index in [1.807, 2.05) is 17.9 Å². The molecule has 1 aliphatic heterocycles. The number of nitrogens with zero attached hydrogens (tertiary/aromatic N) is 4. The van der Waals surface area contributed by atoms with E-state index in [1.165, 1.54) is 12.8 Å². The fourth-order valence-corrected chi connectivity index (χ4v) is 2.92. The molecular weight excluding hydrogens is 250 g/mol. The SMILES string of the molecule is Cn1cc(-c2nc3n(c2N)CCCC3)c(C(C)(C)C)n1. The maximum atomic E-state index is 6.34. The molecule has 0 bridgehead atoms. The summed E-state index contributed by atoms with van der Waals surface area (Å²) >= 11 is 0. The number of hydrogen-bond acceptors (Lipinski definition) is 3. The summed E-state index contributed by atoms with van der Waals surface area (Å²) in [6.45, 7) is 7.50. The zero-order chi connectivity index (χ0) is 14.5. The third kappa shape index (κ3) is 2.01. The molecule has 0 aliphatic carbocycles. The summed E-state index contributed by atoms with van der Waals surface area (Å²) in [4.78, 5) is 4.79. The summed E-state index contributed by atoms with van der Waals surface area (Å²) in [5.41, 5.74) is 9.35. The second kappa shape index (κ2) is 4.36. The Bertz CT molecular complexity index is 642. The van der Waals surface area contributed by atoms with Gasteiger partial charge in [0.25, 0.3) is 0 Å². The van der Waals surface area contributed by atoms with E-state index in [9.17, 15) is 0 Å². The zero-order valence-corrected chi connectivity index (χ0v) is 12.8. The Morgan fingerprint density at radius 2 is 2.00 bits per heavy atom. The molecule has 108 valence electrons. The van der Waals surface area contributed by atoms with Crippen LogP contribution in [-0.4, -0.2) is 19.3 Å². The van der Waals surface area contributed by atoms with Gasteiger partial charge >= 0.3 is 0 Å². The summed E-state index contributed by atoms with van der Waals surface area (Å²) < 4.78 is 4.02. The summed E-state index contributed by atoms with van der Waals surface area (Å²) in [5, 5.41) is 4.62. The molecule has 2 aromatic rings. The van der Waals surface area contributed by atoms with Crippen LogP contribution in [-0.2, 0) is 25.4 Å². The largest absolute Gasteiger partial charge is 0.383 e. The van der Waals surface area contributed by atoms with Crippen LogP contribution in [0.5, 0.6) is 0 Å². The number of rotatable bonds is 1. The maximum Gasteiger partial charge on any atom is 0.131 e. The van der Waals surface area contributed by atoms with Crippen molar-refractivity contribution in [2.24, 2.45) is 7.05 Å². The number of nitrogen functional groups attached to an aromatic ring is 1. The molecule has 0 saturated carbocycles. The number of fused-ring (bicyclic) bond motifs is 1. The number of imidazole rings is 1. The normalized spacial score (nSPS) is 15.4. The topological polar surface area (TPSA) is 61.7 Å². The average Bonchev–Trinajstić information content (AvgIpc) is 2.91. The average molecular weight is 273 g/mol. The highest BCUT2D eigenvalue weighted by Crippen LogP contribution is 2.35. The Morgan fingerprint density at radius 1 is 1.25 bits per heavy atom. The van der Waals surface area contributed by atoms with E-state index in [4.69, 9.17) is 10.7 Å². The lowest BCUT2D eigenvalue weighted by Crippen LogP contribution is -2.14. The molecule has 0 spiro atoms. The Kier molecular flexibility index (Phi) is 2.88. The first-order chi connectivity index (χ1) is 9.38. The van der Waals surface area contributed by atoms with Crippen molar-refractivity contribution >= 4 is 5.82 Å². The summed E-state index contributed by atoms with van der Waals surface area (Å²) in [7, 11) is 1.95. The minimum absolute atomic E-state index is 0.0207. The number of nitrogens with two attached hydrogens (primary N) is 1. The van der Waals surface area contributed by atoms with Crippen molar-refractivity contribution in [1.29, 1.82) is 0 Å². The molecule has 20 heavy (non-hydrogen) atoms. The summed E-state index contributed by atoms with van der Waals surface area (Å²) in [5.74, 6) is 1.91. The van der Waals surface area contributed by atoms with E-state index in [1.54, 1.807) is 0 Å². The molecule has 5 nitrogen and oxygen atoms in total. The highest BCUT2D eigenvalue weighted by molar-refractivity contribution is 5.73. The lowest BCUT2D eigenvalue weighted by molar-refractivity contribution is 0.527. The van der Waals surface area contributed by atoms with Gasteiger partial charge in [0.2, 0.25) is 0 Å². The number of aromatic nitrogens is 4. The van der Waals surface area contributed by atoms with Gasteiger partial charge in [-0.1, -0.05) is 20.8 Å². The van der Waals surface area contributed by atoms with Crippen molar-refractivity contribution in [1.82, 2.24) is 19.3 Å². The van der Waals surface area contributed by atoms with Crippen LogP contribution in [0.25, 0.3) is 11.3 Å². The second-order valence-electron chi connectivity index (χ2n) is 6.69. The number of hydrogen-bond donors (Lipinski definition) is 1. The molecule has 0 saturated heterocycles. The molecule has 0 amide bonds.